The SMILES string of the molecule is COc1ccccc1C1(CNC[C@@H]2CNc3cc(C)nn3C2)CC1. The molecule has 0 amide bonds. The predicted octanol–water partition coefficient (Wildman–Crippen LogP) is 2.56. The number of hydrogen-bond acceptors (Lipinski definition) is 4. The fourth-order valence-electron chi connectivity index (χ4n) is 3.81. The summed E-state index contributed by atoms with van der Waals surface area (Å²) in [5.41, 5.74) is 2.70. The van der Waals surface area contributed by atoms with Crippen LogP contribution in [0.4, 0.5) is 5.82 Å². The molecule has 24 heavy (non-hydrogen) atoms. The van der Waals surface area contributed by atoms with E-state index in [0.29, 0.717) is 5.92 Å². The largest absolute Gasteiger partial charge is 0.496 e. The molecular weight excluding hydrogens is 300 g/mol. The molecule has 5 nitrogen and oxygen atoms in total. The molecule has 0 spiro atoms. The summed E-state index contributed by atoms with van der Waals surface area (Å²) in [7, 11) is 1.76. The van der Waals surface area contributed by atoms with Gasteiger partial charge in [-0.3, -0.25) is 0 Å². The van der Waals surface area contributed by atoms with Crippen LogP contribution in [0.1, 0.15) is 24.1 Å². The Bertz CT molecular complexity index is 720. The lowest BCUT2D eigenvalue weighted by atomic mass is 9.94. The van der Waals surface area contributed by atoms with E-state index >= 15 is 0 Å². The van der Waals surface area contributed by atoms with E-state index in [1.165, 1.54) is 18.4 Å². The zero-order chi connectivity index (χ0) is 16.6. The van der Waals surface area contributed by atoms with Crippen molar-refractivity contribution in [3.05, 3.63) is 41.6 Å². The molecule has 2 aromatic rings. The predicted molar refractivity (Wildman–Crippen MR) is 95.7 cm³/mol. The first-order chi connectivity index (χ1) is 11.7. The van der Waals surface area contributed by atoms with Gasteiger partial charge in [-0.2, -0.15) is 5.10 Å². The van der Waals surface area contributed by atoms with E-state index in [0.717, 1.165) is 43.4 Å². The van der Waals surface area contributed by atoms with Gasteiger partial charge in [-0.05, 0) is 25.8 Å². The molecular formula is C19H26N4O. The van der Waals surface area contributed by atoms with Crippen LogP contribution in [0.2, 0.25) is 0 Å². The molecule has 0 saturated heterocycles. The third-order valence-corrected chi connectivity index (χ3v) is 5.33. The number of anilines is 1. The molecule has 1 aliphatic carbocycles. The van der Waals surface area contributed by atoms with Crippen LogP contribution < -0.4 is 15.4 Å². The van der Waals surface area contributed by atoms with E-state index in [9.17, 15) is 0 Å². The average Bonchev–Trinajstić information content (AvgIpc) is 3.29. The van der Waals surface area contributed by atoms with Gasteiger partial charge in [-0.15, -0.1) is 0 Å². The summed E-state index contributed by atoms with van der Waals surface area (Å²) in [6.45, 7) is 6.09. The van der Waals surface area contributed by atoms with Crippen molar-refractivity contribution in [1.29, 1.82) is 0 Å². The summed E-state index contributed by atoms with van der Waals surface area (Å²) in [6.07, 6.45) is 2.48. The van der Waals surface area contributed by atoms with Crippen molar-refractivity contribution in [3.63, 3.8) is 0 Å². The number of benzene rings is 1. The van der Waals surface area contributed by atoms with Crippen LogP contribution in [0, 0.1) is 12.8 Å². The van der Waals surface area contributed by atoms with Crippen molar-refractivity contribution in [2.45, 2.75) is 31.7 Å². The zero-order valence-electron chi connectivity index (χ0n) is 14.5. The molecule has 0 bridgehead atoms. The molecule has 1 aliphatic heterocycles. The molecule has 1 atom stereocenters. The van der Waals surface area contributed by atoms with Crippen molar-refractivity contribution < 1.29 is 4.74 Å². The number of rotatable bonds is 6. The Morgan fingerprint density at radius 2 is 2.21 bits per heavy atom. The Morgan fingerprint density at radius 1 is 1.38 bits per heavy atom. The zero-order valence-corrected chi connectivity index (χ0v) is 14.5. The van der Waals surface area contributed by atoms with E-state index in [4.69, 9.17) is 4.74 Å². The van der Waals surface area contributed by atoms with Crippen molar-refractivity contribution in [1.82, 2.24) is 15.1 Å². The normalized spacial score (nSPS) is 21.0. The highest BCUT2D eigenvalue weighted by atomic mass is 16.5. The summed E-state index contributed by atoms with van der Waals surface area (Å²) in [5, 5.41) is 11.7. The highest BCUT2D eigenvalue weighted by Gasteiger charge is 2.45. The molecule has 2 N–H and O–H groups in total. The highest BCUT2D eigenvalue weighted by Crippen LogP contribution is 2.50. The van der Waals surface area contributed by atoms with Gasteiger partial charge >= 0.3 is 0 Å². The molecule has 0 radical (unpaired) electrons. The van der Waals surface area contributed by atoms with Crippen molar-refractivity contribution >= 4 is 5.82 Å². The van der Waals surface area contributed by atoms with Crippen LogP contribution in [0.5, 0.6) is 5.75 Å². The Hall–Kier alpha value is -2.01. The van der Waals surface area contributed by atoms with Gasteiger partial charge in [0.15, 0.2) is 0 Å². The third-order valence-electron chi connectivity index (χ3n) is 5.33. The second kappa shape index (κ2) is 6.13. The molecule has 1 aromatic heterocycles. The molecule has 2 aliphatic rings. The number of methoxy groups -OCH3 is 1. The molecule has 2 heterocycles. The van der Waals surface area contributed by atoms with Crippen LogP contribution in [0.25, 0.3) is 0 Å². The van der Waals surface area contributed by atoms with Gasteiger partial charge in [0.25, 0.3) is 0 Å². The standard InChI is InChI=1S/C19H26N4O/c1-14-9-18-21-11-15(12-23(18)22-14)10-20-13-19(7-8-19)16-5-3-4-6-17(16)24-2/h3-6,9,15,20-21H,7-8,10-13H2,1-2H3/t15-/m1/s1. The van der Waals surface area contributed by atoms with Gasteiger partial charge in [-0.25, -0.2) is 4.68 Å². The summed E-state index contributed by atoms with van der Waals surface area (Å²) < 4.78 is 7.66. The number of aromatic nitrogens is 2. The fraction of sp³-hybridized carbons (Fsp3) is 0.526. The van der Waals surface area contributed by atoms with Crippen LogP contribution >= 0.6 is 0 Å². The molecule has 4 rings (SSSR count). The minimum absolute atomic E-state index is 0.266. The maximum atomic E-state index is 5.56. The number of para-hydroxylation sites is 1. The first kappa shape index (κ1) is 15.5. The molecule has 1 aromatic carbocycles. The van der Waals surface area contributed by atoms with Crippen LogP contribution in [-0.2, 0) is 12.0 Å². The fourth-order valence-corrected chi connectivity index (χ4v) is 3.81. The summed E-state index contributed by atoms with van der Waals surface area (Å²) in [6, 6.07) is 10.6. The third kappa shape index (κ3) is 2.88. The van der Waals surface area contributed by atoms with E-state index in [1.54, 1.807) is 7.11 Å². The van der Waals surface area contributed by atoms with Gasteiger partial charge < -0.3 is 15.4 Å². The molecule has 1 saturated carbocycles. The van der Waals surface area contributed by atoms with E-state index in [-0.39, 0.29) is 5.41 Å². The minimum Gasteiger partial charge on any atom is -0.496 e. The topological polar surface area (TPSA) is 51.1 Å². The first-order valence-corrected chi connectivity index (χ1v) is 8.83. The minimum atomic E-state index is 0.266. The molecule has 1 fully saturated rings. The Kier molecular flexibility index (Phi) is 3.96. The van der Waals surface area contributed by atoms with Gasteiger partial charge in [0.1, 0.15) is 11.6 Å². The molecule has 5 heteroatoms. The summed E-state index contributed by atoms with van der Waals surface area (Å²) >= 11 is 0. The smallest absolute Gasteiger partial charge is 0.124 e. The Labute approximate surface area is 143 Å². The van der Waals surface area contributed by atoms with Crippen molar-refractivity contribution in [2.24, 2.45) is 5.92 Å². The quantitative estimate of drug-likeness (QED) is 0.857. The number of aryl methyl sites for hydroxylation is 1. The van der Waals surface area contributed by atoms with Crippen molar-refractivity contribution in [2.75, 3.05) is 32.1 Å². The lowest BCUT2D eigenvalue weighted by Crippen LogP contribution is -2.38. The maximum Gasteiger partial charge on any atom is 0.124 e. The van der Waals surface area contributed by atoms with Crippen LogP contribution in [-0.4, -0.2) is 36.5 Å². The summed E-state index contributed by atoms with van der Waals surface area (Å²) in [5.74, 6) is 2.74. The second-order valence-corrected chi connectivity index (χ2v) is 7.21. The number of ether oxygens (including phenoxy) is 1. The number of fused-ring (bicyclic) bond motifs is 1. The molecule has 0 unspecified atom stereocenters. The van der Waals surface area contributed by atoms with Gasteiger partial charge in [0.05, 0.1) is 12.8 Å². The van der Waals surface area contributed by atoms with Gasteiger partial charge in [0, 0.05) is 49.1 Å². The van der Waals surface area contributed by atoms with Crippen LogP contribution in [0.3, 0.4) is 0 Å². The molecule has 128 valence electrons. The first-order valence-electron chi connectivity index (χ1n) is 8.83. The van der Waals surface area contributed by atoms with E-state index in [1.807, 2.05) is 13.0 Å². The maximum absolute atomic E-state index is 5.56. The number of nitrogens with one attached hydrogen (secondary N) is 2. The van der Waals surface area contributed by atoms with E-state index < -0.39 is 0 Å². The Morgan fingerprint density at radius 3 is 3.00 bits per heavy atom. The lowest BCUT2D eigenvalue weighted by Gasteiger charge is -2.26. The number of nitrogens with zero attached hydrogens (tertiary/aromatic N) is 2. The second-order valence-electron chi connectivity index (χ2n) is 7.21. The van der Waals surface area contributed by atoms with Gasteiger partial charge in [0.2, 0.25) is 0 Å². The highest BCUT2D eigenvalue weighted by molar-refractivity contribution is 5.43. The number of hydrogen-bond donors (Lipinski definition) is 2. The van der Waals surface area contributed by atoms with Crippen molar-refractivity contribution in [3.8, 4) is 5.75 Å². The monoisotopic (exact) mass is 326 g/mol. The lowest BCUT2D eigenvalue weighted by molar-refractivity contribution is 0.377. The van der Waals surface area contributed by atoms with E-state index in [2.05, 4.69) is 44.7 Å². The van der Waals surface area contributed by atoms with Gasteiger partial charge in [-0.1, -0.05) is 18.2 Å². The summed E-state index contributed by atoms with van der Waals surface area (Å²) in [4.78, 5) is 0. The Balaban J connectivity index is 1.35. The average molecular weight is 326 g/mol. The van der Waals surface area contributed by atoms with Crippen LogP contribution in [0.15, 0.2) is 30.3 Å².